The molecule has 0 saturated carbocycles. The van der Waals surface area contributed by atoms with Crippen LogP contribution in [0.2, 0.25) is 0 Å². The van der Waals surface area contributed by atoms with E-state index in [1.54, 1.807) is 0 Å². The van der Waals surface area contributed by atoms with Gasteiger partial charge in [0.2, 0.25) is 0 Å². The van der Waals surface area contributed by atoms with Crippen molar-refractivity contribution in [2.24, 2.45) is 0 Å². The van der Waals surface area contributed by atoms with Crippen molar-refractivity contribution in [2.75, 3.05) is 0 Å². The molecule has 1 aromatic carbocycles. The SMILES string of the molecule is CCCCCCCCCCCc1cc[n+](Cc2ccccc2)cc1. The summed E-state index contributed by atoms with van der Waals surface area (Å²) in [5.41, 5.74) is 2.83. The maximum absolute atomic E-state index is 2.29. The highest BCUT2D eigenvalue weighted by Gasteiger charge is 2.02. The smallest absolute Gasteiger partial charge is 0.173 e. The summed E-state index contributed by atoms with van der Waals surface area (Å²) in [6.07, 6.45) is 18.3. The van der Waals surface area contributed by atoms with Crippen molar-refractivity contribution in [1.29, 1.82) is 0 Å². The standard InChI is InChI=1S/C23H34N/c1-2-3-4-5-6-7-8-9-11-14-22-17-19-24(20-18-22)21-23-15-12-10-13-16-23/h10,12-13,15-20H,2-9,11,14,21H2,1H3/q+1. The second kappa shape index (κ2) is 11.8. The summed E-state index contributed by atoms with van der Waals surface area (Å²) < 4.78 is 2.26. The predicted octanol–water partition coefficient (Wildman–Crippen LogP) is 6.10. The van der Waals surface area contributed by atoms with Gasteiger partial charge < -0.3 is 0 Å². The molecular weight excluding hydrogens is 290 g/mol. The molecule has 0 N–H and O–H groups in total. The molecule has 0 unspecified atom stereocenters. The lowest BCUT2D eigenvalue weighted by Crippen LogP contribution is -2.33. The largest absolute Gasteiger partial charge is 0.201 e. The van der Waals surface area contributed by atoms with Crippen LogP contribution in [0, 0.1) is 0 Å². The topological polar surface area (TPSA) is 3.88 Å². The first-order valence-electron chi connectivity index (χ1n) is 9.90. The number of hydrogen-bond acceptors (Lipinski definition) is 0. The third-order valence-electron chi connectivity index (χ3n) is 4.74. The fraction of sp³-hybridized carbons (Fsp3) is 0.522. The number of nitrogens with zero attached hydrogens (tertiary/aromatic N) is 1. The minimum atomic E-state index is 0.957. The number of rotatable bonds is 12. The third-order valence-corrected chi connectivity index (χ3v) is 4.74. The average molecular weight is 325 g/mol. The van der Waals surface area contributed by atoms with Crippen LogP contribution in [0.5, 0.6) is 0 Å². The molecule has 1 heterocycles. The molecule has 2 rings (SSSR count). The van der Waals surface area contributed by atoms with Crippen molar-refractivity contribution in [3.05, 3.63) is 66.0 Å². The van der Waals surface area contributed by atoms with Crippen LogP contribution < -0.4 is 4.57 Å². The van der Waals surface area contributed by atoms with Crippen molar-refractivity contribution in [3.63, 3.8) is 0 Å². The maximum atomic E-state index is 2.29. The van der Waals surface area contributed by atoms with Crippen molar-refractivity contribution in [2.45, 2.75) is 77.7 Å². The van der Waals surface area contributed by atoms with Crippen LogP contribution in [-0.4, -0.2) is 0 Å². The molecule has 24 heavy (non-hydrogen) atoms. The van der Waals surface area contributed by atoms with Crippen molar-refractivity contribution >= 4 is 0 Å². The van der Waals surface area contributed by atoms with Gasteiger partial charge in [-0.3, -0.25) is 0 Å². The van der Waals surface area contributed by atoms with E-state index in [-0.39, 0.29) is 0 Å². The van der Waals surface area contributed by atoms with E-state index in [9.17, 15) is 0 Å². The number of aromatic nitrogens is 1. The fourth-order valence-corrected chi connectivity index (χ4v) is 3.19. The first kappa shape index (κ1) is 18.7. The Hall–Kier alpha value is -1.63. The summed E-state index contributed by atoms with van der Waals surface area (Å²) in [5, 5.41) is 0. The maximum Gasteiger partial charge on any atom is 0.173 e. The Kier molecular flexibility index (Phi) is 9.23. The van der Waals surface area contributed by atoms with E-state index in [0.29, 0.717) is 0 Å². The lowest BCUT2D eigenvalue weighted by molar-refractivity contribution is -0.688. The summed E-state index contributed by atoms with van der Waals surface area (Å²) in [6.45, 7) is 3.24. The van der Waals surface area contributed by atoms with Crippen LogP contribution in [0.25, 0.3) is 0 Å². The zero-order valence-corrected chi connectivity index (χ0v) is 15.4. The van der Waals surface area contributed by atoms with Crippen molar-refractivity contribution in [3.8, 4) is 0 Å². The lowest BCUT2D eigenvalue weighted by Gasteiger charge is -2.03. The van der Waals surface area contributed by atoms with Gasteiger partial charge in [0.15, 0.2) is 18.9 Å². The molecule has 0 aliphatic carbocycles. The minimum Gasteiger partial charge on any atom is -0.201 e. The molecule has 130 valence electrons. The van der Waals surface area contributed by atoms with Crippen molar-refractivity contribution < 1.29 is 4.57 Å². The van der Waals surface area contributed by atoms with Gasteiger partial charge in [0, 0.05) is 17.7 Å². The Morgan fingerprint density at radius 1 is 0.625 bits per heavy atom. The fourth-order valence-electron chi connectivity index (χ4n) is 3.19. The highest BCUT2D eigenvalue weighted by molar-refractivity contribution is 5.13. The molecule has 0 spiro atoms. The van der Waals surface area contributed by atoms with Gasteiger partial charge in [-0.15, -0.1) is 0 Å². The molecule has 1 nitrogen and oxygen atoms in total. The number of pyridine rings is 1. The third kappa shape index (κ3) is 7.77. The first-order valence-corrected chi connectivity index (χ1v) is 9.90. The molecular formula is C23H34N+. The van der Waals surface area contributed by atoms with E-state index in [1.807, 2.05) is 0 Å². The normalized spacial score (nSPS) is 10.9. The van der Waals surface area contributed by atoms with Gasteiger partial charge in [-0.25, -0.2) is 4.57 Å². The number of unbranched alkanes of at least 4 members (excludes halogenated alkanes) is 8. The molecule has 0 aliphatic rings. The molecule has 0 amide bonds. The molecule has 0 fully saturated rings. The molecule has 1 aromatic heterocycles. The van der Waals surface area contributed by atoms with Crippen LogP contribution in [0.3, 0.4) is 0 Å². The summed E-state index contributed by atoms with van der Waals surface area (Å²) >= 11 is 0. The number of benzene rings is 1. The van der Waals surface area contributed by atoms with Gasteiger partial charge in [-0.2, -0.15) is 0 Å². The number of hydrogen-bond donors (Lipinski definition) is 0. The minimum absolute atomic E-state index is 0.957. The Balaban J connectivity index is 1.57. The second-order valence-corrected chi connectivity index (χ2v) is 6.94. The summed E-state index contributed by atoms with van der Waals surface area (Å²) in [7, 11) is 0. The zero-order chi connectivity index (χ0) is 16.9. The van der Waals surface area contributed by atoms with Crippen molar-refractivity contribution in [1.82, 2.24) is 0 Å². The Bertz CT molecular complexity index is 530. The zero-order valence-electron chi connectivity index (χ0n) is 15.4. The molecule has 2 aromatic rings. The van der Waals surface area contributed by atoms with E-state index in [0.717, 1.165) is 6.54 Å². The quantitative estimate of drug-likeness (QED) is 0.328. The van der Waals surface area contributed by atoms with E-state index in [1.165, 1.54) is 75.3 Å². The highest BCUT2D eigenvalue weighted by atomic mass is 14.9. The molecule has 0 atom stereocenters. The monoisotopic (exact) mass is 324 g/mol. The van der Waals surface area contributed by atoms with Gasteiger partial charge in [-0.05, 0) is 18.4 Å². The lowest BCUT2D eigenvalue weighted by atomic mass is 10.0. The van der Waals surface area contributed by atoms with Crippen LogP contribution in [0.15, 0.2) is 54.9 Å². The second-order valence-electron chi connectivity index (χ2n) is 6.94. The molecule has 0 bridgehead atoms. The molecule has 0 radical (unpaired) electrons. The Morgan fingerprint density at radius 2 is 1.21 bits per heavy atom. The summed E-state index contributed by atoms with van der Waals surface area (Å²) in [6, 6.07) is 15.2. The molecule has 0 saturated heterocycles. The van der Waals surface area contributed by atoms with E-state index >= 15 is 0 Å². The number of aryl methyl sites for hydroxylation is 1. The van der Waals surface area contributed by atoms with Crippen LogP contribution in [0.4, 0.5) is 0 Å². The highest BCUT2D eigenvalue weighted by Crippen LogP contribution is 2.11. The van der Waals surface area contributed by atoms with Gasteiger partial charge in [0.25, 0.3) is 0 Å². The van der Waals surface area contributed by atoms with Gasteiger partial charge in [-0.1, -0.05) is 88.6 Å². The Labute approximate surface area is 148 Å². The van der Waals surface area contributed by atoms with Crippen LogP contribution in [0.1, 0.15) is 75.8 Å². The average Bonchev–Trinajstić information content (AvgIpc) is 2.62. The van der Waals surface area contributed by atoms with E-state index in [4.69, 9.17) is 0 Å². The van der Waals surface area contributed by atoms with Gasteiger partial charge in [0.1, 0.15) is 0 Å². The van der Waals surface area contributed by atoms with E-state index in [2.05, 4.69) is 66.3 Å². The summed E-state index contributed by atoms with van der Waals surface area (Å²) in [4.78, 5) is 0. The predicted molar refractivity (Wildman–Crippen MR) is 103 cm³/mol. The molecule has 1 heteroatoms. The van der Waals surface area contributed by atoms with Crippen LogP contribution >= 0.6 is 0 Å². The Morgan fingerprint density at radius 3 is 1.83 bits per heavy atom. The van der Waals surface area contributed by atoms with Crippen LogP contribution in [-0.2, 0) is 13.0 Å². The summed E-state index contributed by atoms with van der Waals surface area (Å²) in [5.74, 6) is 0. The van der Waals surface area contributed by atoms with Gasteiger partial charge >= 0.3 is 0 Å². The van der Waals surface area contributed by atoms with Gasteiger partial charge in [0.05, 0.1) is 0 Å². The first-order chi connectivity index (χ1) is 11.9. The molecule has 0 aliphatic heterocycles. The van der Waals surface area contributed by atoms with E-state index < -0.39 is 0 Å².